The largest absolute Gasteiger partial charge is 0.486 e. The molecule has 0 bridgehead atoms. The first-order valence-electron chi connectivity index (χ1n) is 7.10. The van der Waals surface area contributed by atoms with Gasteiger partial charge in [0.1, 0.15) is 12.4 Å². The second kappa shape index (κ2) is 6.22. The Labute approximate surface area is 122 Å². The molecular weight excluding hydrogens is 272 g/mol. The molecule has 2 nitrogen and oxygen atoms in total. The van der Waals surface area contributed by atoms with Crippen LogP contribution in [0.1, 0.15) is 24.0 Å². The normalized spacial score (nSPS) is 14.2. The van der Waals surface area contributed by atoms with Crippen LogP contribution in [0.4, 0.5) is 8.78 Å². The second-order valence-electron chi connectivity index (χ2n) is 5.34. The molecule has 0 atom stereocenters. The Morgan fingerprint density at radius 2 is 1.71 bits per heavy atom. The maximum Gasteiger partial charge on any atom is 0.167 e. The number of ether oxygens (including phenoxy) is 1. The molecule has 0 spiro atoms. The Morgan fingerprint density at radius 1 is 1.00 bits per heavy atom. The first-order chi connectivity index (χ1) is 10.2. The summed E-state index contributed by atoms with van der Waals surface area (Å²) in [6.45, 7) is 1.14. The minimum Gasteiger partial charge on any atom is -0.486 e. The molecule has 2 aromatic carbocycles. The summed E-state index contributed by atoms with van der Waals surface area (Å²) in [6, 6.07) is 12.0. The number of hydrogen-bond donors (Lipinski definition) is 1. The molecule has 1 aliphatic carbocycles. The molecule has 1 aliphatic rings. The van der Waals surface area contributed by atoms with Crippen LogP contribution in [0.5, 0.6) is 5.75 Å². The summed E-state index contributed by atoms with van der Waals surface area (Å²) in [5.41, 5.74) is 2.17. The lowest BCUT2D eigenvalue weighted by atomic mass is 10.1. The summed E-state index contributed by atoms with van der Waals surface area (Å²) in [5.74, 6) is -1.22. The Morgan fingerprint density at radius 3 is 2.38 bits per heavy atom. The number of rotatable bonds is 6. The van der Waals surface area contributed by atoms with E-state index in [-0.39, 0.29) is 12.4 Å². The van der Waals surface area contributed by atoms with Gasteiger partial charge >= 0.3 is 0 Å². The second-order valence-corrected chi connectivity index (χ2v) is 5.34. The van der Waals surface area contributed by atoms with Crippen molar-refractivity contribution < 1.29 is 13.5 Å². The van der Waals surface area contributed by atoms with Gasteiger partial charge in [0.2, 0.25) is 0 Å². The van der Waals surface area contributed by atoms with Crippen LogP contribution in [-0.4, -0.2) is 6.04 Å². The highest BCUT2D eigenvalue weighted by molar-refractivity contribution is 5.26. The summed E-state index contributed by atoms with van der Waals surface area (Å²) >= 11 is 0. The standard InChI is InChI=1S/C17H17F2NO/c18-14-5-8-17(16(19)9-14)21-11-13-3-1-12(2-4-13)10-20-15-6-7-15/h1-5,8-9,15,20H,6-7,10-11H2. The zero-order valence-corrected chi connectivity index (χ0v) is 11.6. The Kier molecular flexibility index (Phi) is 4.15. The Hall–Kier alpha value is -1.94. The lowest BCUT2D eigenvalue weighted by Crippen LogP contribution is -2.15. The fourth-order valence-electron chi connectivity index (χ4n) is 2.06. The zero-order valence-electron chi connectivity index (χ0n) is 11.6. The van der Waals surface area contributed by atoms with Gasteiger partial charge in [-0.15, -0.1) is 0 Å². The molecule has 4 heteroatoms. The molecule has 1 fully saturated rings. The molecular formula is C17H17F2NO. The minimum atomic E-state index is -0.680. The summed E-state index contributed by atoms with van der Waals surface area (Å²) in [6.07, 6.45) is 2.55. The first kappa shape index (κ1) is 14.0. The summed E-state index contributed by atoms with van der Waals surface area (Å²) in [5, 5.41) is 3.45. The van der Waals surface area contributed by atoms with Crippen molar-refractivity contribution >= 4 is 0 Å². The predicted molar refractivity (Wildman–Crippen MR) is 77.0 cm³/mol. The molecule has 3 rings (SSSR count). The van der Waals surface area contributed by atoms with Crippen LogP contribution < -0.4 is 10.1 Å². The molecule has 1 saturated carbocycles. The van der Waals surface area contributed by atoms with Gasteiger partial charge in [-0.1, -0.05) is 24.3 Å². The average Bonchev–Trinajstić information content (AvgIpc) is 3.30. The van der Waals surface area contributed by atoms with E-state index in [1.54, 1.807) is 0 Å². The van der Waals surface area contributed by atoms with Crippen molar-refractivity contribution in [3.63, 3.8) is 0 Å². The molecule has 0 heterocycles. The van der Waals surface area contributed by atoms with E-state index in [9.17, 15) is 8.78 Å². The molecule has 0 aromatic heterocycles. The molecule has 21 heavy (non-hydrogen) atoms. The summed E-state index contributed by atoms with van der Waals surface area (Å²) < 4.78 is 31.6. The van der Waals surface area contributed by atoms with Gasteiger partial charge in [0.15, 0.2) is 11.6 Å². The van der Waals surface area contributed by atoms with Gasteiger partial charge in [-0.25, -0.2) is 8.78 Å². The van der Waals surface area contributed by atoms with Crippen molar-refractivity contribution in [2.24, 2.45) is 0 Å². The van der Waals surface area contributed by atoms with Crippen molar-refractivity contribution in [1.82, 2.24) is 5.32 Å². The van der Waals surface area contributed by atoms with Crippen LogP contribution >= 0.6 is 0 Å². The monoisotopic (exact) mass is 289 g/mol. The van der Waals surface area contributed by atoms with E-state index >= 15 is 0 Å². The van der Waals surface area contributed by atoms with Gasteiger partial charge in [0.05, 0.1) is 0 Å². The van der Waals surface area contributed by atoms with Crippen LogP contribution in [0.2, 0.25) is 0 Å². The Balaban J connectivity index is 1.54. The fraction of sp³-hybridized carbons (Fsp3) is 0.294. The smallest absolute Gasteiger partial charge is 0.167 e. The van der Waals surface area contributed by atoms with Crippen molar-refractivity contribution in [2.45, 2.75) is 32.0 Å². The maximum absolute atomic E-state index is 13.4. The van der Waals surface area contributed by atoms with Gasteiger partial charge in [-0.3, -0.25) is 0 Å². The van der Waals surface area contributed by atoms with E-state index in [0.29, 0.717) is 6.04 Å². The van der Waals surface area contributed by atoms with Gasteiger partial charge in [-0.2, -0.15) is 0 Å². The van der Waals surface area contributed by atoms with Crippen LogP contribution in [-0.2, 0) is 13.2 Å². The maximum atomic E-state index is 13.4. The Bertz CT molecular complexity index is 609. The van der Waals surface area contributed by atoms with E-state index in [1.165, 1.54) is 30.5 Å². The third kappa shape index (κ3) is 4.02. The van der Waals surface area contributed by atoms with E-state index in [4.69, 9.17) is 4.74 Å². The lowest BCUT2D eigenvalue weighted by Gasteiger charge is -2.08. The SMILES string of the molecule is Fc1ccc(OCc2ccc(CNC3CC3)cc2)c(F)c1. The van der Waals surface area contributed by atoms with E-state index in [0.717, 1.165) is 18.2 Å². The fourth-order valence-corrected chi connectivity index (χ4v) is 2.06. The van der Waals surface area contributed by atoms with Crippen LogP contribution in [0.3, 0.4) is 0 Å². The quantitative estimate of drug-likeness (QED) is 0.873. The number of benzene rings is 2. The third-order valence-electron chi connectivity index (χ3n) is 3.48. The van der Waals surface area contributed by atoms with Crippen LogP contribution in [0, 0.1) is 11.6 Å². The van der Waals surface area contributed by atoms with Crippen LogP contribution in [0.15, 0.2) is 42.5 Å². The molecule has 0 saturated heterocycles. The van der Waals surface area contributed by atoms with Gasteiger partial charge in [0.25, 0.3) is 0 Å². The number of hydrogen-bond acceptors (Lipinski definition) is 2. The molecule has 110 valence electrons. The summed E-state index contributed by atoms with van der Waals surface area (Å²) in [4.78, 5) is 0. The van der Waals surface area contributed by atoms with Gasteiger partial charge in [0, 0.05) is 18.7 Å². The highest BCUT2D eigenvalue weighted by Crippen LogP contribution is 2.20. The predicted octanol–water partition coefficient (Wildman–Crippen LogP) is 3.80. The third-order valence-corrected chi connectivity index (χ3v) is 3.48. The topological polar surface area (TPSA) is 21.3 Å². The van der Waals surface area contributed by atoms with Crippen molar-refractivity contribution in [3.8, 4) is 5.75 Å². The molecule has 2 aromatic rings. The van der Waals surface area contributed by atoms with Crippen molar-refractivity contribution in [1.29, 1.82) is 0 Å². The zero-order chi connectivity index (χ0) is 14.7. The average molecular weight is 289 g/mol. The highest BCUT2D eigenvalue weighted by Gasteiger charge is 2.19. The van der Waals surface area contributed by atoms with Crippen molar-refractivity contribution in [3.05, 3.63) is 65.2 Å². The summed E-state index contributed by atoms with van der Waals surface area (Å²) in [7, 11) is 0. The highest BCUT2D eigenvalue weighted by atomic mass is 19.1. The van der Waals surface area contributed by atoms with Gasteiger partial charge < -0.3 is 10.1 Å². The molecule has 0 amide bonds. The number of halogens is 2. The van der Waals surface area contributed by atoms with E-state index in [2.05, 4.69) is 5.32 Å². The lowest BCUT2D eigenvalue weighted by molar-refractivity contribution is 0.289. The van der Waals surface area contributed by atoms with E-state index < -0.39 is 11.6 Å². The molecule has 0 unspecified atom stereocenters. The van der Waals surface area contributed by atoms with Crippen molar-refractivity contribution in [2.75, 3.05) is 0 Å². The number of nitrogens with one attached hydrogen (secondary N) is 1. The van der Waals surface area contributed by atoms with Gasteiger partial charge in [-0.05, 0) is 36.1 Å². The minimum absolute atomic E-state index is 0.0656. The van der Waals surface area contributed by atoms with E-state index in [1.807, 2.05) is 24.3 Å². The first-order valence-corrected chi connectivity index (χ1v) is 7.10. The molecule has 0 aliphatic heterocycles. The molecule has 0 radical (unpaired) electrons. The van der Waals surface area contributed by atoms with Crippen LogP contribution in [0.25, 0.3) is 0 Å². The molecule has 1 N–H and O–H groups in total.